The summed E-state index contributed by atoms with van der Waals surface area (Å²) in [5.41, 5.74) is 1.10. The molecule has 2 aromatic carbocycles. The second-order valence-corrected chi connectivity index (χ2v) is 6.27. The third kappa shape index (κ3) is 4.60. The molecule has 0 bridgehead atoms. The number of carbonyl (C=O) groups is 1. The summed E-state index contributed by atoms with van der Waals surface area (Å²) in [7, 11) is 0. The zero-order valence-electron chi connectivity index (χ0n) is 12.8. The van der Waals surface area contributed by atoms with Crippen LogP contribution in [0.3, 0.4) is 0 Å². The Morgan fingerprint density at radius 2 is 1.73 bits per heavy atom. The summed E-state index contributed by atoms with van der Waals surface area (Å²) >= 11 is 3.40. The first-order valence-corrected chi connectivity index (χ1v) is 8.09. The molecule has 1 atom stereocenters. The Kier molecular flexibility index (Phi) is 6.01. The van der Waals surface area contributed by atoms with Gasteiger partial charge in [-0.25, -0.2) is 0 Å². The Morgan fingerprint density at radius 1 is 1.09 bits per heavy atom. The highest BCUT2D eigenvalue weighted by Gasteiger charge is 2.18. The fourth-order valence-electron chi connectivity index (χ4n) is 2.22. The van der Waals surface area contributed by atoms with Crippen LogP contribution in [0, 0.1) is 5.92 Å². The Hall–Kier alpha value is -1.81. The van der Waals surface area contributed by atoms with Gasteiger partial charge in [-0.1, -0.05) is 56.3 Å². The predicted molar refractivity (Wildman–Crippen MR) is 91.8 cm³/mol. The molecule has 0 radical (unpaired) electrons. The second-order valence-electron chi connectivity index (χ2n) is 5.42. The van der Waals surface area contributed by atoms with Gasteiger partial charge < -0.3 is 10.1 Å². The van der Waals surface area contributed by atoms with E-state index in [1.807, 2.05) is 54.6 Å². The molecule has 0 aliphatic carbocycles. The molecular weight excluding hydrogens is 342 g/mol. The van der Waals surface area contributed by atoms with Crippen molar-refractivity contribution in [2.45, 2.75) is 19.9 Å². The number of amides is 1. The molecule has 22 heavy (non-hydrogen) atoms. The lowest BCUT2D eigenvalue weighted by Gasteiger charge is -2.23. The van der Waals surface area contributed by atoms with Gasteiger partial charge in [0.2, 0.25) is 0 Å². The van der Waals surface area contributed by atoms with Gasteiger partial charge >= 0.3 is 0 Å². The highest BCUT2D eigenvalue weighted by atomic mass is 79.9. The van der Waals surface area contributed by atoms with Crippen molar-refractivity contribution in [2.75, 3.05) is 6.61 Å². The summed E-state index contributed by atoms with van der Waals surface area (Å²) in [6.07, 6.45) is 0. The van der Waals surface area contributed by atoms with E-state index in [-0.39, 0.29) is 18.6 Å². The zero-order chi connectivity index (χ0) is 15.9. The SMILES string of the molecule is CC(C)C(NC(=O)COc1ccccc1Br)c1ccccc1. The molecule has 0 saturated carbocycles. The second kappa shape index (κ2) is 7.99. The first kappa shape index (κ1) is 16.6. The van der Waals surface area contributed by atoms with E-state index in [2.05, 4.69) is 35.1 Å². The maximum Gasteiger partial charge on any atom is 0.258 e. The van der Waals surface area contributed by atoms with Crippen LogP contribution in [0.1, 0.15) is 25.5 Å². The van der Waals surface area contributed by atoms with Gasteiger partial charge in [0, 0.05) is 0 Å². The normalized spacial score (nSPS) is 12.0. The van der Waals surface area contributed by atoms with Gasteiger partial charge in [0.1, 0.15) is 5.75 Å². The van der Waals surface area contributed by atoms with E-state index in [1.54, 1.807) is 0 Å². The van der Waals surface area contributed by atoms with Crippen molar-refractivity contribution in [3.8, 4) is 5.75 Å². The lowest BCUT2D eigenvalue weighted by Crippen LogP contribution is -2.35. The number of ether oxygens (including phenoxy) is 1. The number of hydrogen-bond acceptors (Lipinski definition) is 2. The van der Waals surface area contributed by atoms with Crippen LogP contribution >= 0.6 is 15.9 Å². The number of benzene rings is 2. The highest BCUT2D eigenvalue weighted by molar-refractivity contribution is 9.10. The van der Waals surface area contributed by atoms with Crippen LogP contribution in [0.4, 0.5) is 0 Å². The van der Waals surface area contributed by atoms with Crippen LogP contribution < -0.4 is 10.1 Å². The minimum atomic E-state index is -0.127. The summed E-state index contributed by atoms with van der Waals surface area (Å²) < 4.78 is 6.40. The van der Waals surface area contributed by atoms with Crippen LogP contribution in [0.25, 0.3) is 0 Å². The summed E-state index contributed by atoms with van der Waals surface area (Å²) in [4.78, 5) is 12.2. The first-order chi connectivity index (χ1) is 10.6. The predicted octanol–water partition coefficient (Wildman–Crippen LogP) is 4.34. The van der Waals surface area contributed by atoms with Crippen molar-refractivity contribution in [3.63, 3.8) is 0 Å². The molecule has 116 valence electrons. The molecule has 0 aromatic heterocycles. The molecule has 0 spiro atoms. The van der Waals surface area contributed by atoms with Gasteiger partial charge in [0.25, 0.3) is 5.91 Å². The highest BCUT2D eigenvalue weighted by Crippen LogP contribution is 2.24. The molecule has 3 nitrogen and oxygen atoms in total. The van der Waals surface area contributed by atoms with Crippen LogP contribution in [0.15, 0.2) is 59.1 Å². The Labute approximate surface area is 139 Å². The Morgan fingerprint density at radius 3 is 2.36 bits per heavy atom. The lowest BCUT2D eigenvalue weighted by molar-refractivity contribution is -0.124. The number of rotatable bonds is 6. The summed E-state index contributed by atoms with van der Waals surface area (Å²) in [5, 5.41) is 3.04. The monoisotopic (exact) mass is 361 g/mol. The fraction of sp³-hybridized carbons (Fsp3) is 0.278. The average Bonchev–Trinajstić information content (AvgIpc) is 2.52. The molecule has 2 rings (SSSR count). The first-order valence-electron chi connectivity index (χ1n) is 7.29. The number of carbonyl (C=O) groups excluding carboxylic acids is 1. The standard InChI is InChI=1S/C18H20BrNO2/c1-13(2)18(14-8-4-3-5-9-14)20-17(21)12-22-16-11-7-6-10-15(16)19/h3-11,13,18H,12H2,1-2H3,(H,20,21). The van der Waals surface area contributed by atoms with E-state index in [0.29, 0.717) is 11.7 Å². The molecule has 0 heterocycles. The third-order valence-corrected chi connectivity index (χ3v) is 3.99. The number of hydrogen-bond donors (Lipinski definition) is 1. The molecule has 1 amide bonds. The van der Waals surface area contributed by atoms with Gasteiger partial charge in [0.05, 0.1) is 10.5 Å². The summed E-state index contributed by atoms with van der Waals surface area (Å²) in [5.74, 6) is 0.839. The van der Waals surface area contributed by atoms with Crippen molar-refractivity contribution >= 4 is 21.8 Å². The Balaban J connectivity index is 1.96. The van der Waals surface area contributed by atoms with E-state index >= 15 is 0 Å². The van der Waals surface area contributed by atoms with E-state index in [0.717, 1.165) is 10.0 Å². The van der Waals surface area contributed by atoms with Crippen LogP contribution in [0.5, 0.6) is 5.75 Å². The van der Waals surface area contributed by atoms with Crippen molar-refractivity contribution in [2.24, 2.45) is 5.92 Å². The van der Waals surface area contributed by atoms with Gasteiger partial charge in [-0.3, -0.25) is 4.79 Å². The van der Waals surface area contributed by atoms with E-state index in [9.17, 15) is 4.79 Å². The number of para-hydroxylation sites is 1. The fourth-order valence-corrected chi connectivity index (χ4v) is 2.61. The molecular formula is C18H20BrNO2. The Bertz CT molecular complexity index is 613. The summed E-state index contributed by atoms with van der Waals surface area (Å²) in [6, 6.07) is 17.5. The van der Waals surface area contributed by atoms with E-state index in [1.165, 1.54) is 0 Å². The molecule has 0 aliphatic rings. The van der Waals surface area contributed by atoms with Gasteiger partial charge in [-0.15, -0.1) is 0 Å². The lowest BCUT2D eigenvalue weighted by atomic mass is 9.96. The summed E-state index contributed by atoms with van der Waals surface area (Å²) in [6.45, 7) is 4.18. The minimum absolute atomic E-state index is 0.00132. The minimum Gasteiger partial charge on any atom is -0.483 e. The quantitative estimate of drug-likeness (QED) is 0.830. The van der Waals surface area contributed by atoms with Crippen molar-refractivity contribution in [3.05, 3.63) is 64.6 Å². The maximum atomic E-state index is 12.2. The average molecular weight is 362 g/mol. The number of halogens is 1. The van der Waals surface area contributed by atoms with Crippen molar-refractivity contribution < 1.29 is 9.53 Å². The number of nitrogens with one attached hydrogen (secondary N) is 1. The molecule has 1 unspecified atom stereocenters. The van der Waals surface area contributed by atoms with Crippen LogP contribution in [-0.2, 0) is 4.79 Å². The third-order valence-electron chi connectivity index (χ3n) is 3.34. The maximum absolute atomic E-state index is 12.2. The zero-order valence-corrected chi connectivity index (χ0v) is 14.3. The van der Waals surface area contributed by atoms with E-state index < -0.39 is 0 Å². The molecule has 1 N–H and O–H groups in total. The molecule has 2 aromatic rings. The van der Waals surface area contributed by atoms with Crippen molar-refractivity contribution in [1.29, 1.82) is 0 Å². The van der Waals surface area contributed by atoms with Crippen molar-refractivity contribution in [1.82, 2.24) is 5.32 Å². The van der Waals surface area contributed by atoms with Crippen LogP contribution in [0.2, 0.25) is 0 Å². The molecule has 4 heteroatoms. The molecule has 0 fully saturated rings. The topological polar surface area (TPSA) is 38.3 Å². The van der Waals surface area contributed by atoms with Gasteiger partial charge in [-0.05, 0) is 39.5 Å². The van der Waals surface area contributed by atoms with Gasteiger partial charge in [-0.2, -0.15) is 0 Å². The van der Waals surface area contributed by atoms with Crippen LogP contribution in [-0.4, -0.2) is 12.5 Å². The molecule has 0 aliphatic heterocycles. The largest absolute Gasteiger partial charge is 0.483 e. The van der Waals surface area contributed by atoms with E-state index in [4.69, 9.17) is 4.74 Å². The van der Waals surface area contributed by atoms with Gasteiger partial charge in [0.15, 0.2) is 6.61 Å². The molecule has 0 saturated heterocycles. The smallest absolute Gasteiger partial charge is 0.258 e.